The summed E-state index contributed by atoms with van der Waals surface area (Å²) in [6.07, 6.45) is 7.16. The van der Waals surface area contributed by atoms with Gasteiger partial charge in [0.1, 0.15) is 5.69 Å². The van der Waals surface area contributed by atoms with Crippen LogP contribution in [0.3, 0.4) is 0 Å². The molecule has 5 heteroatoms. The summed E-state index contributed by atoms with van der Waals surface area (Å²) in [6.45, 7) is 4.00. The first-order chi connectivity index (χ1) is 10.3. The smallest absolute Gasteiger partial charge is 0.292 e. The van der Waals surface area contributed by atoms with Crippen LogP contribution in [-0.4, -0.2) is 31.1 Å². The highest BCUT2D eigenvalue weighted by Gasteiger charge is 2.23. The number of anilines is 2. The highest BCUT2D eigenvalue weighted by atomic mass is 16.6. The highest BCUT2D eigenvalue weighted by Crippen LogP contribution is 2.34. The lowest BCUT2D eigenvalue weighted by atomic mass is 10.2. The number of rotatable bonds is 3. The van der Waals surface area contributed by atoms with E-state index in [0.29, 0.717) is 0 Å². The van der Waals surface area contributed by atoms with E-state index in [-0.39, 0.29) is 10.6 Å². The van der Waals surface area contributed by atoms with E-state index in [0.717, 1.165) is 50.4 Å². The molecule has 0 bridgehead atoms. The minimum absolute atomic E-state index is 0.242. The molecule has 0 N–H and O–H groups in total. The molecule has 2 heterocycles. The van der Waals surface area contributed by atoms with Crippen molar-refractivity contribution in [1.29, 1.82) is 0 Å². The molecule has 3 rings (SSSR count). The minimum atomic E-state index is -0.242. The van der Waals surface area contributed by atoms with Gasteiger partial charge in [-0.05, 0) is 37.8 Å². The Morgan fingerprint density at radius 1 is 0.857 bits per heavy atom. The Kier molecular flexibility index (Phi) is 4.27. The van der Waals surface area contributed by atoms with Gasteiger partial charge in [0, 0.05) is 37.9 Å². The maximum atomic E-state index is 11.3. The van der Waals surface area contributed by atoms with Crippen LogP contribution in [0.15, 0.2) is 18.2 Å². The summed E-state index contributed by atoms with van der Waals surface area (Å²) in [5.41, 5.74) is 2.20. The molecular weight excluding hydrogens is 266 g/mol. The number of nitrogens with zero attached hydrogens (tertiary/aromatic N) is 3. The minimum Gasteiger partial charge on any atom is -0.371 e. The van der Waals surface area contributed by atoms with Crippen molar-refractivity contribution in [3.05, 3.63) is 28.3 Å². The van der Waals surface area contributed by atoms with Crippen LogP contribution in [0.5, 0.6) is 0 Å². The van der Waals surface area contributed by atoms with Gasteiger partial charge >= 0.3 is 0 Å². The first-order valence-electron chi connectivity index (χ1n) is 8.04. The molecule has 2 saturated heterocycles. The third-order valence-corrected chi connectivity index (χ3v) is 4.57. The van der Waals surface area contributed by atoms with Gasteiger partial charge in [-0.25, -0.2) is 0 Å². The van der Waals surface area contributed by atoms with E-state index in [9.17, 15) is 10.1 Å². The van der Waals surface area contributed by atoms with E-state index in [1.54, 1.807) is 6.07 Å². The summed E-state index contributed by atoms with van der Waals surface area (Å²) in [5.74, 6) is 0. The third kappa shape index (κ3) is 3.12. The fourth-order valence-corrected chi connectivity index (χ4v) is 3.40. The maximum absolute atomic E-state index is 11.3. The Morgan fingerprint density at radius 3 is 2.05 bits per heavy atom. The van der Waals surface area contributed by atoms with Crippen LogP contribution in [0.2, 0.25) is 0 Å². The summed E-state index contributed by atoms with van der Waals surface area (Å²) in [7, 11) is 0. The molecule has 0 amide bonds. The predicted molar refractivity (Wildman–Crippen MR) is 85.2 cm³/mol. The van der Waals surface area contributed by atoms with Crippen LogP contribution >= 0.6 is 0 Å². The van der Waals surface area contributed by atoms with E-state index < -0.39 is 0 Å². The lowest BCUT2D eigenvalue weighted by Crippen LogP contribution is -2.25. The van der Waals surface area contributed by atoms with E-state index in [1.807, 2.05) is 12.1 Å². The normalized spacial score (nSPS) is 19.6. The van der Waals surface area contributed by atoms with Crippen molar-refractivity contribution in [2.24, 2.45) is 0 Å². The van der Waals surface area contributed by atoms with Crippen molar-refractivity contribution < 1.29 is 4.92 Å². The van der Waals surface area contributed by atoms with Gasteiger partial charge in [0.25, 0.3) is 5.69 Å². The zero-order valence-electron chi connectivity index (χ0n) is 12.5. The third-order valence-electron chi connectivity index (χ3n) is 4.57. The first-order valence-corrected chi connectivity index (χ1v) is 8.04. The second kappa shape index (κ2) is 6.33. The Morgan fingerprint density at radius 2 is 1.43 bits per heavy atom. The largest absolute Gasteiger partial charge is 0.371 e. The van der Waals surface area contributed by atoms with Gasteiger partial charge in [-0.2, -0.15) is 0 Å². The predicted octanol–water partition coefficient (Wildman–Crippen LogP) is 3.58. The molecule has 1 aromatic rings. The Balaban J connectivity index is 1.93. The molecule has 5 nitrogen and oxygen atoms in total. The molecule has 1 aromatic carbocycles. The summed E-state index contributed by atoms with van der Waals surface area (Å²) < 4.78 is 0. The van der Waals surface area contributed by atoms with Crippen LogP contribution in [0.1, 0.15) is 38.5 Å². The van der Waals surface area contributed by atoms with Gasteiger partial charge < -0.3 is 9.80 Å². The summed E-state index contributed by atoms with van der Waals surface area (Å²) in [6, 6.07) is 5.63. The standard InChI is InChI=1S/C16H23N3O2/c20-19(21)15-8-7-14(17-9-5-6-10-17)13-16(15)18-11-3-1-2-4-12-18/h7-8,13H,1-6,9-12H2. The van der Waals surface area contributed by atoms with E-state index in [1.165, 1.54) is 25.7 Å². The van der Waals surface area contributed by atoms with Crippen molar-refractivity contribution >= 4 is 17.1 Å². The average Bonchev–Trinajstić information content (AvgIpc) is 2.89. The van der Waals surface area contributed by atoms with Crippen molar-refractivity contribution in [2.45, 2.75) is 38.5 Å². The Bertz CT molecular complexity index is 504. The van der Waals surface area contributed by atoms with Gasteiger partial charge in [0.15, 0.2) is 0 Å². The summed E-state index contributed by atoms with van der Waals surface area (Å²) >= 11 is 0. The highest BCUT2D eigenvalue weighted by molar-refractivity contribution is 5.70. The monoisotopic (exact) mass is 289 g/mol. The fourth-order valence-electron chi connectivity index (χ4n) is 3.40. The van der Waals surface area contributed by atoms with E-state index in [2.05, 4.69) is 9.80 Å². The molecule has 114 valence electrons. The molecule has 21 heavy (non-hydrogen) atoms. The topological polar surface area (TPSA) is 49.6 Å². The first kappa shape index (κ1) is 14.2. The maximum Gasteiger partial charge on any atom is 0.292 e. The second-order valence-corrected chi connectivity index (χ2v) is 6.03. The van der Waals surface area contributed by atoms with Crippen LogP contribution < -0.4 is 9.80 Å². The second-order valence-electron chi connectivity index (χ2n) is 6.03. The van der Waals surface area contributed by atoms with Gasteiger partial charge in [-0.1, -0.05) is 12.8 Å². The lowest BCUT2D eigenvalue weighted by molar-refractivity contribution is -0.384. The van der Waals surface area contributed by atoms with E-state index in [4.69, 9.17) is 0 Å². The van der Waals surface area contributed by atoms with Crippen molar-refractivity contribution in [1.82, 2.24) is 0 Å². The number of benzene rings is 1. The molecular formula is C16H23N3O2. The van der Waals surface area contributed by atoms with Crippen LogP contribution in [0.25, 0.3) is 0 Å². The van der Waals surface area contributed by atoms with Crippen LogP contribution in [0, 0.1) is 10.1 Å². The van der Waals surface area contributed by atoms with E-state index >= 15 is 0 Å². The molecule has 0 aliphatic carbocycles. The summed E-state index contributed by atoms with van der Waals surface area (Å²) in [4.78, 5) is 15.7. The molecule has 2 fully saturated rings. The van der Waals surface area contributed by atoms with Crippen LogP contribution in [-0.2, 0) is 0 Å². The Hall–Kier alpha value is -1.78. The molecule has 0 spiro atoms. The molecule has 0 aromatic heterocycles. The molecule has 0 saturated carbocycles. The molecule has 0 radical (unpaired) electrons. The van der Waals surface area contributed by atoms with Gasteiger partial charge in [-0.15, -0.1) is 0 Å². The van der Waals surface area contributed by atoms with Gasteiger partial charge in [-0.3, -0.25) is 10.1 Å². The van der Waals surface area contributed by atoms with Gasteiger partial charge in [0.05, 0.1) is 4.92 Å². The number of hydrogen-bond acceptors (Lipinski definition) is 4. The van der Waals surface area contributed by atoms with Crippen molar-refractivity contribution in [3.63, 3.8) is 0 Å². The number of hydrogen-bond donors (Lipinski definition) is 0. The fraction of sp³-hybridized carbons (Fsp3) is 0.625. The molecule has 0 atom stereocenters. The van der Waals surface area contributed by atoms with Gasteiger partial charge in [0.2, 0.25) is 0 Å². The van der Waals surface area contributed by atoms with Crippen LogP contribution in [0.4, 0.5) is 17.1 Å². The SMILES string of the molecule is O=[N+]([O-])c1ccc(N2CCCC2)cc1N1CCCCCC1. The zero-order chi connectivity index (χ0) is 14.7. The molecule has 2 aliphatic heterocycles. The zero-order valence-corrected chi connectivity index (χ0v) is 12.5. The van der Waals surface area contributed by atoms with Crippen molar-refractivity contribution in [2.75, 3.05) is 36.0 Å². The number of nitro benzene ring substituents is 1. The Labute approximate surface area is 125 Å². The lowest BCUT2D eigenvalue weighted by Gasteiger charge is -2.25. The van der Waals surface area contributed by atoms with Crippen molar-refractivity contribution in [3.8, 4) is 0 Å². The molecule has 0 unspecified atom stereocenters. The quantitative estimate of drug-likeness (QED) is 0.630. The summed E-state index contributed by atoms with van der Waals surface area (Å²) in [5, 5.41) is 11.3. The molecule has 2 aliphatic rings. The average molecular weight is 289 g/mol. The number of nitro groups is 1.